The van der Waals surface area contributed by atoms with Crippen molar-refractivity contribution in [3.63, 3.8) is 0 Å². The Balaban J connectivity index is 2.16. The molecule has 2 rings (SSSR count). The van der Waals surface area contributed by atoms with Crippen molar-refractivity contribution in [2.45, 2.75) is 26.8 Å². The number of benzene rings is 1. The lowest BCUT2D eigenvalue weighted by Gasteiger charge is -2.10. The summed E-state index contributed by atoms with van der Waals surface area (Å²) in [6, 6.07) is 5.54. The Labute approximate surface area is 119 Å². The molecule has 1 heterocycles. The zero-order chi connectivity index (χ0) is 15.6. The van der Waals surface area contributed by atoms with Crippen LogP contribution >= 0.6 is 0 Å². The second kappa shape index (κ2) is 5.59. The number of carbonyl (C=O) groups is 1. The number of rotatable bonds is 4. The van der Waals surface area contributed by atoms with Crippen LogP contribution in [0, 0.1) is 13.8 Å². The van der Waals surface area contributed by atoms with Crippen molar-refractivity contribution in [2.24, 2.45) is 0 Å². The van der Waals surface area contributed by atoms with E-state index in [0.29, 0.717) is 17.8 Å². The molecule has 4 nitrogen and oxygen atoms in total. The maximum absolute atomic E-state index is 12.1. The van der Waals surface area contributed by atoms with Crippen LogP contribution in [0.4, 0.5) is 13.2 Å². The molecule has 0 aliphatic heterocycles. The van der Waals surface area contributed by atoms with Gasteiger partial charge < -0.3 is 4.74 Å². The number of alkyl halides is 3. The van der Waals surface area contributed by atoms with Crippen LogP contribution in [0.5, 0.6) is 5.75 Å². The Kier molecular flexibility index (Phi) is 4.02. The van der Waals surface area contributed by atoms with Gasteiger partial charge in [-0.3, -0.25) is 9.48 Å². The predicted molar refractivity (Wildman–Crippen MR) is 69.3 cm³/mol. The summed E-state index contributed by atoms with van der Waals surface area (Å²) in [5.41, 5.74) is 2.64. The predicted octanol–water partition coefficient (Wildman–Crippen LogP) is 3.26. The molecule has 0 N–H and O–H groups in total. The van der Waals surface area contributed by atoms with Gasteiger partial charge in [0.15, 0.2) is 6.29 Å². The SMILES string of the molecule is Cc1nn(Cc2ccc(OC(F)(F)F)cc2)c(C)c1C=O. The van der Waals surface area contributed by atoms with Gasteiger partial charge in [0.2, 0.25) is 0 Å². The second-order valence-corrected chi connectivity index (χ2v) is 4.55. The fourth-order valence-corrected chi connectivity index (χ4v) is 2.00. The molecule has 1 aromatic carbocycles. The lowest BCUT2D eigenvalue weighted by atomic mass is 10.2. The van der Waals surface area contributed by atoms with Crippen LogP contribution in [0.2, 0.25) is 0 Å². The zero-order valence-corrected chi connectivity index (χ0v) is 11.4. The molecule has 7 heteroatoms. The van der Waals surface area contributed by atoms with Gasteiger partial charge in [-0.05, 0) is 31.5 Å². The molecule has 112 valence electrons. The number of hydrogen-bond donors (Lipinski definition) is 0. The standard InChI is InChI=1S/C14H13F3N2O2/c1-9-13(8-20)10(2)19(18-9)7-11-3-5-12(6-4-11)21-14(15,16)17/h3-6,8H,7H2,1-2H3. The average molecular weight is 298 g/mol. The summed E-state index contributed by atoms with van der Waals surface area (Å²) in [4.78, 5) is 10.9. The molecule has 2 aromatic rings. The normalized spacial score (nSPS) is 11.5. The maximum atomic E-state index is 12.1. The lowest BCUT2D eigenvalue weighted by Crippen LogP contribution is -2.17. The monoisotopic (exact) mass is 298 g/mol. The van der Waals surface area contributed by atoms with Crippen molar-refractivity contribution >= 4 is 6.29 Å². The summed E-state index contributed by atoms with van der Waals surface area (Å²) in [6.45, 7) is 3.87. The molecule has 0 saturated heterocycles. The number of aromatic nitrogens is 2. The maximum Gasteiger partial charge on any atom is 0.573 e. The van der Waals surface area contributed by atoms with Crippen LogP contribution < -0.4 is 4.74 Å². The summed E-state index contributed by atoms with van der Waals surface area (Å²) >= 11 is 0. The Morgan fingerprint density at radius 1 is 1.24 bits per heavy atom. The van der Waals surface area contributed by atoms with E-state index in [1.807, 2.05) is 0 Å². The Hall–Kier alpha value is -2.31. The van der Waals surface area contributed by atoms with E-state index in [2.05, 4.69) is 9.84 Å². The van der Waals surface area contributed by atoms with Gasteiger partial charge in [0.1, 0.15) is 5.75 Å². The van der Waals surface area contributed by atoms with E-state index in [1.165, 1.54) is 24.3 Å². The number of halogens is 3. The van der Waals surface area contributed by atoms with Gasteiger partial charge in [-0.25, -0.2) is 0 Å². The highest BCUT2D eigenvalue weighted by Gasteiger charge is 2.30. The van der Waals surface area contributed by atoms with E-state index in [4.69, 9.17) is 0 Å². The van der Waals surface area contributed by atoms with Gasteiger partial charge >= 0.3 is 6.36 Å². The van der Waals surface area contributed by atoms with Crippen molar-refractivity contribution in [3.05, 3.63) is 46.8 Å². The minimum absolute atomic E-state index is 0.270. The zero-order valence-electron chi connectivity index (χ0n) is 11.4. The summed E-state index contributed by atoms with van der Waals surface area (Å²) < 4.78 is 41.6. The second-order valence-electron chi connectivity index (χ2n) is 4.55. The molecule has 0 atom stereocenters. The Morgan fingerprint density at radius 2 is 1.86 bits per heavy atom. The first kappa shape index (κ1) is 15.1. The molecule has 0 spiro atoms. The summed E-state index contributed by atoms with van der Waals surface area (Å²) in [5.74, 6) is -0.270. The highest BCUT2D eigenvalue weighted by molar-refractivity contribution is 5.78. The van der Waals surface area contributed by atoms with Crippen molar-refractivity contribution in [2.75, 3.05) is 0 Å². The van der Waals surface area contributed by atoms with Gasteiger partial charge in [0, 0.05) is 5.69 Å². The lowest BCUT2D eigenvalue weighted by molar-refractivity contribution is -0.274. The van der Waals surface area contributed by atoms with Gasteiger partial charge in [-0.1, -0.05) is 12.1 Å². The Bertz CT molecular complexity index is 645. The number of aryl methyl sites for hydroxylation is 1. The van der Waals surface area contributed by atoms with E-state index in [1.54, 1.807) is 18.5 Å². The van der Waals surface area contributed by atoms with E-state index in [9.17, 15) is 18.0 Å². The molecule has 0 bridgehead atoms. The largest absolute Gasteiger partial charge is 0.573 e. The first-order valence-electron chi connectivity index (χ1n) is 6.14. The van der Waals surface area contributed by atoms with Gasteiger partial charge in [-0.15, -0.1) is 13.2 Å². The molecule has 0 radical (unpaired) electrons. The molecule has 0 aliphatic carbocycles. The average Bonchev–Trinajstić information content (AvgIpc) is 2.65. The van der Waals surface area contributed by atoms with Gasteiger partial charge in [0.25, 0.3) is 0 Å². The van der Waals surface area contributed by atoms with Crippen molar-refractivity contribution in [1.82, 2.24) is 9.78 Å². The summed E-state index contributed by atoms with van der Waals surface area (Å²) in [7, 11) is 0. The minimum Gasteiger partial charge on any atom is -0.406 e. The highest BCUT2D eigenvalue weighted by atomic mass is 19.4. The molecular formula is C14H13F3N2O2. The van der Waals surface area contributed by atoms with E-state index < -0.39 is 6.36 Å². The van der Waals surface area contributed by atoms with E-state index in [0.717, 1.165) is 17.5 Å². The summed E-state index contributed by atoms with van der Waals surface area (Å²) in [6.07, 6.45) is -3.95. The number of hydrogen-bond acceptors (Lipinski definition) is 3. The fraction of sp³-hybridized carbons (Fsp3) is 0.286. The Morgan fingerprint density at radius 3 is 2.33 bits per heavy atom. The third-order valence-electron chi connectivity index (χ3n) is 3.04. The van der Waals surface area contributed by atoms with Crippen LogP contribution in [0.1, 0.15) is 27.3 Å². The number of nitrogens with zero attached hydrogens (tertiary/aromatic N) is 2. The van der Waals surface area contributed by atoms with E-state index >= 15 is 0 Å². The molecular weight excluding hydrogens is 285 g/mol. The number of carbonyl (C=O) groups excluding carboxylic acids is 1. The van der Waals surface area contributed by atoms with Crippen LogP contribution in [0.3, 0.4) is 0 Å². The fourth-order valence-electron chi connectivity index (χ4n) is 2.00. The third kappa shape index (κ3) is 3.62. The van der Waals surface area contributed by atoms with Crippen molar-refractivity contribution in [3.8, 4) is 5.75 Å². The first-order chi connectivity index (χ1) is 9.80. The first-order valence-corrected chi connectivity index (χ1v) is 6.14. The molecule has 0 aliphatic rings. The molecule has 21 heavy (non-hydrogen) atoms. The van der Waals surface area contributed by atoms with Crippen LogP contribution in [0.25, 0.3) is 0 Å². The summed E-state index contributed by atoms with van der Waals surface area (Å²) in [5, 5.41) is 4.23. The smallest absolute Gasteiger partial charge is 0.406 e. The van der Waals surface area contributed by atoms with Crippen LogP contribution in [-0.2, 0) is 6.54 Å². The number of aldehydes is 1. The number of ether oxygens (including phenoxy) is 1. The molecule has 0 amide bonds. The van der Waals surface area contributed by atoms with Crippen LogP contribution in [-0.4, -0.2) is 22.4 Å². The van der Waals surface area contributed by atoms with Crippen molar-refractivity contribution < 1.29 is 22.7 Å². The minimum atomic E-state index is -4.70. The highest BCUT2D eigenvalue weighted by Crippen LogP contribution is 2.23. The molecule has 0 fully saturated rings. The molecule has 1 aromatic heterocycles. The molecule has 0 unspecified atom stereocenters. The third-order valence-corrected chi connectivity index (χ3v) is 3.04. The van der Waals surface area contributed by atoms with E-state index in [-0.39, 0.29) is 5.75 Å². The van der Waals surface area contributed by atoms with Gasteiger partial charge in [0.05, 0.1) is 17.8 Å². The van der Waals surface area contributed by atoms with Crippen LogP contribution in [0.15, 0.2) is 24.3 Å². The molecule has 0 saturated carbocycles. The quantitative estimate of drug-likeness (QED) is 0.814. The topological polar surface area (TPSA) is 44.1 Å². The van der Waals surface area contributed by atoms with Crippen molar-refractivity contribution in [1.29, 1.82) is 0 Å². The van der Waals surface area contributed by atoms with Gasteiger partial charge in [-0.2, -0.15) is 5.10 Å².